The third-order valence-corrected chi connectivity index (χ3v) is 5.34. The highest BCUT2D eigenvalue weighted by atomic mass is 16.5. The summed E-state index contributed by atoms with van der Waals surface area (Å²) in [4.78, 5) is 27.2. The molecular formula is C24H31N3O4. The number of methoxy groups -OCH3 is 2. The second-order valence-corrected chi connectivity index (χ2v) is 7.97. The Balaban J connectivity index is 1.54. The van der Waals surface area contributed by atoms with Crippen LogP contribution >= 0.6 is 0 Å². The summed E-state index contributed by atoms with van der Waals surface area (Å²) in [6.45, 7) is 4.78. The van der Waals surface area contributed by atoms with Gasteiger partial charge in [-0.05, 0) is 43.9 Å². The zero-order chi connectivity index (χ0) is 22.4. The van der Waals surface area contributed by atoms with Gasteiger partial charge in [-0.1, -0.05) is 12.1 Å². The molecule has 2 aromatic rings. The predicted molar refractivity (Wildman–Crippen MR) is 122 cm³/mol. The number of carbonyl (C=O) groups is 2. The van der Waals surface area contributed by atoms with E-state index in [2.05, 4.69) is 15.5 Å². The molecular weight excluding hydrogens is 394 g/mol. The molecule has 2 aromatic carbocycles. The molecule has 0 radical (unpaired) electrons. The minimum absolute atomic E-state index is 0.0569. The third kappa shape index (κ3) is 6.72. The first-order chi connectivity index (χ1) is 14.9. The molecule has 7 heteroatoms. The number of nitrogens with zero attached hydrogens (tertiary/aromatic N) is 1. The number of hydrogen-bond donors (Lipinski definition) is 2. The molecule has 0 unspecified atom stereocenters. The SMILES string of the molecule is COc1cc(NC(=O)CCN(CC(=O)Nc2cc(C)ccc2C)C2CC2)cc(OC)c1. The van der Waals surface area contributed by atoms with Crippen LogP contribution in [0.5, 0.6) is 11.5 Å². The molecule has 7 nitrogen and oxygen atoms in total. The lowest BCUT2D eigenvalue weighted by Gasteiger charge is -2.21. The summed E-state index contributed by atoms with van der Waals surface area (Å²) >= 11 is 0. The summed E-state index contributed by atoms with van der Waals surface area (Å²) in [5, 5.41) is 5.89. The molecule has 1 fully saturated rings. The highest BCUT2D eigenvalue weighted by molar-refractivity contribution is 5.93. The molecule has 0 spiro atoms. The Kier molecular flexibility index (Phi) is 7.52. The maximum atomic E-state index is 12.6. The average Bonchev–Trinajstić information content (AvgIpc) is 3.58. The summed E-state index contributed by atoms with van der Waals surface area (Å²) in [5.74, 6) is 1.05. The summed E-state index contributed by atoms with van der Waals surface area (Å²) < 4.78 is 10.5. The fraction of sp³-hybridized carbons (Fsp3) is 0.417. The number of amides is 2. The largest absolute Gasteiger partial charge is 0.497 e. The lowest BCUT2D eigenvalue weighted by atomic mass is 10.1. The molecule has 31 heavy (non-hydrogen) atoms. The molecule has 1 aliphatic carbocycles. The lowest BCUT2D eigenvalue weighted by molar-refractivity contribution is -0.119. The number of carbonyl (C=O) groups excluding carboxylic acids is 2. The van der Waals surface area contributed by atoms with Crippen LogP contribution in [0.4, 0.5) is 11.4 Å². The van der Waals surface area contributed by atoms with Crippen LogP contribution in [0.1, 0.15) is 30.4 Å². The minimum atomic E-state index is -0.115. The molecule has 2 amide bonds. The smallest absolute Gasteiger partial charge is 0.238 e. The van der Waals surface area contributed by atoms with Crippen LogP contribution in [0.2, 0.25) is 0 Å². The van der Waals surface area contributed by atoms with Crippen LogP contribution in [0.25, 0.3) is 0 Å². The Morgan fingerprint density at radius 3 is 2.26 bits per heavy atom. The Morgan fingerprint density at radius 2 is 1.65 bits per heavy atom. The molecule has 166 valence electrons. The number of ether oxygens (including phenoxy) is 2. The normalized spacial score (nSPS) is 13.1. The Bertz CT molecular complexity index is 918. The van der Waals surface area contributed by atoms with Gasteiger partial charge in [-0.15, -0.1) is 0 Å². The van der Waals surface area contributed by atoms with Gasteiger partial charge in [0.25, 0.3) is 0 Å². The highest BCUT2D eigenvalue weighted by Gasteiger charge is 2.30. The van der Waals surface area contributed by atoms with Crippen molar-refractivity contribution in [3.8, 4) is 11.5 Å². The van der Waals surface area contributed by atoms with Crippen molar-refractivity contribution in [3.05, 3.63) is 47.5 Å². The predicted octanol–water partition coefficient (Wildman–Crippen LogP) is 3.75. The van der Waals surface area contributed by atoms with Gasteiger partial charge in [0.2, 0.25) is 11.8 Å². The van der Waals surface area contributed by atoms with Gasteiger partial charge in [0.15, 0.2) is 0 Å². The van der Waals surface area contributed by atoms with Gasteiger partial charge < -0.3 is 20.1 Å². The van der Waals surface area contributed by atoms with E-state index in [-0.39, 0.29) is 18.4 Å². The number of rotatable bonds is 10. The van der Waals surface area contributed by atoms with E-state index in [0.717, 1.165) is 29.7 Å². The van der Waals surface area contributed by atoms with Crippen LogP contribution in [0.3, 0.4) is 0 Å². The molecule has 0 atom stereocenters. The number of anilines is 2. The van der Waals surface area contributed by atoms with Crippen molar-refractivity contribution in [2.24, 2.45) is 0 Å². The van der Waals surface area contributed by atoms with Crippen LogP contribution < -0.4 is 20.1 Å². The van der Waals surface area contributed by atoms with Gasteiger partial charge in [0, 0.05) is 48.6 Å². The zero-order valence-electron chi connectivity index (χ0n) is 18.7. The van der Waals surface area contributed by atoms with Crippen LogP contribution in [0.15, 0.2) is 36.4 Å². The van der Waals surface area contributed by atoms with Crippen molar-refractivity contribution in [1.82, 2.24) is 4.90 Å². The molecule has 1 aliphatic rings. The summed E-state index contributed by atoms with van der Waals surface area (Å²) in [7, 11) is 3.13. The van der Waals surface area contributed by atoms with Crippen LogP contribution in [-0.2, 0) is 9.59 Å². The van der Waals surface area contributed by atoms with Crippen LogP contribution in [-0.4, -0.2) is 50.1 Å². The zero-order valence-corrected chi connectivity index (χ0v) is 18.7. The first-order valence-electron chi connectivity index (χ1n) is 10.5. The fourth-order valence-corrected chi connectivity index (χ4v) is 3.42. The molecule has 2 N–H and O–H groups in total. The summed E-state index contributed by atoms with van der Waals surface area (Å²) in [5.41, 5.74) is 3.59. The Labute approximate surface area is 183 Å². The van der Waals surface area contributed by atoms with E-state index in [9.17, 15) is 9.59 Å². The van der Waals surface area contributed by atoms with Crippen molar-refractivity contribution in [2.45, 2.75) is 39.2 Å². The van der Waals surface area contributed by atoms with Gasteiger partial charge in [-0.2, -0.15) is 0 Å². The van der Waals surface area contributed by atoms with Gasteiger partial charge in [-0.3, -0.25) is 14.5 Å². The second-order valence-electron chi connectivity index (χ2n) is 7.97. The topological polar surface area (TPSA) is 79.9 Å². The molecule has 0 saturated heterocycles. The average molecular weight is 426 g/mol. The number of aryl methyl sites for hydroxylation is 2. The number of hydrogen-bond acceptors (Lipinski definition) is 5. The molecule has 0 heterocycles. The monoisotopic (exact) mass is 425 g/mol. The molecule has 1 saturated carbocycles. The standard InChI is InChI=1S/C24H31N3O4/c1-16-5-6-17(2)22(11-16)26-24(29)15-27(19-7-8-19)10-9-23(28)25-18-12-20(30-3)14-21(13-18)31-4/h5-6,11-14,19H,7-10,15H2,1-4H3,(H,25,28)(H,26,29). The van der Waals surface area contributed by atoms with Gasteiger partial charge in [-0.25, -0.2) is 0 Å². The van der Waals surface area contributed by atoms with Crippen molar-refractivity contribution in [3.63, 3.8) is 0 Å². The molecule has 0 aliphatic heterocycles. The van der Waals surface area contributed by atoms with Crippen molar-refractivity contribution in [1.29, 1.82) is 0 Å². The first-order valence-corrected chi connectivity index (χ1v) is 10.5. The van der Waals surface area contributed by atoms with Crippen molar-refractivity contribution >= 4 is 23.2 Å². The van der Waals surface area contributed by atoms with Crippen LogP contribution in [0, 0.1) is 13.8 Å². The van der Waals surface area contributed by atoms with E-state index in [4.69, 9.17) is 9.47 Å². The van der Waals surface area contributed by atoms with Gasteiger partial charge >= 0.3 is 0 Å². The molecule has 3 rings (SSSR count). The van der Waals surface area contributed by atoms with Crippen molar-refractivity contribution in [2.75, 3.05) is 37.9 Å². The first kappa shape index (κ1) is 22.6. The van der Waals surface area contributed by atoms with E-state index >= 15 is 0 Å². The van der Waals surface area contributed by atoms with Gasteiger partial charge in [0.05, 0.1) is 20.8 Å². The summed E-state index contributed by atoms with van der Waals surface area (Å²) in [6.07, 6.45) is 2.42. The maximum absolute atomic E-state index is 12.6. The van der Waals surface area contributed by atoms with E-state index in [1.54, 1.807) is 32.4 Å². The highest BCUT2D eigenvalue weighted by Crippen LogP contribution is 2.28. The van der Waals surface area contributed by atoms with Crippen molar-refractivity contribution < 1.29 is 19.1 Å². The second kappa shape index (κ2) is 10.3. The molecule has 0 bridgehead atoms. The van der Waals surface area contributed by atoms with E-state index in [1.165, 1.54) is 0 Å². The lowest BCUT2D eigenvalue weighted by Crippen LogP contribution is -2.37. The molecule has 0 aromatic heterocycles. The maximum Gasteiger partial charge on any atom is 0.238 e. The third-order valence-electron chi connectivity index (χ3n) is 5.34. The number of nitrogens with one attached hydrogen (secondary N) is 2. The minimum Gasteiger partial charge on any atom is -0.497 e. The van der Waals surface area contributed by atoms with E-state index in [1.807, 2.05) is 32.0 Å². The quantitative estimate of drug-likeness (QED) is 0.606. The summed E-state index contributed by atoms with van der Waals surface area (Å²) in [6, 6.07) is 11.6. The van der Waals surface area contributed by atoms with Gasteiger partial charge in [0.1, 0.15) is 11.5 Å². The van der Waals surface area contributed by atoms with E-state index in [0.29, 0.717) is 36.2 Å². The number of benzene rings is 2. The van der Waals surface area contributed by atoms with E-state index < -0.39 is 0 Å². The Hall–Kier alpha value is -3.06. The fourth-order valence-electron chi connectivity index (χ4n) is 3.42. The Morgan fingerprint density at radius 1 is 0.968 bits per heavy atom.